The molecule has 0 aromatic carbocycles. The Labute approximate surface area is 82.3 Å². The molecule has 0 saturated carbocycles. The van der Waals surface area contributed by atoms with Crippen molar-refractivity contribution >= 4 is 12.1 Å². The van der Waals surface area contributed by atoms with E-state index in [-0.39, 0.29) is 5.70 Å². The van der Waals surface area contributed by atoms with Crippen molar-refractivity contribution in [3.8, 4) is 0 Å². The number of carbonyl (C=O) groups is 2. The lowest BCUT2D eigenvalue weighted by Crippen LogP contribution is -2.36. The molecule has 0 aromatic rings. The van der Waals surface area contributed by atoms with Gasteiger partial charge in [-0.25, -0.2) is 9.59 Å². The zero-order chi connectivity index (χ0) is 10.6. The number of hydrogen-bond donors (Lipinski definition) is 0. The van der Waals surface area contributed by atoms with Crippen molar-refractivity contribution in [1.82, 2.24) is 4.90 Å². The van der Waals surface area contributed by atoms with E-state index in [4.69, 9.17) is 0 Å². The van der Waals surface area contributed by atoms with Gasteiger partial charge in [-0.2, -0.15) is 0 Å². The summed E-state index contributed by atoms with van der Waals surface area (Å²) in [5.74, 6) is -0.505. The lowest BCUT2D eigenvalue weighted by molar-refractivity contribution is -0.137. The number of methoxy groups -OCH3 is 2. The summed E-state index contributed by atoms with van der Waals surface area (Å²) in [6, 6.07) is 0. The fraction of sp³-hybridized carbons (Fsp3) is 0.556. The van der Waals surface area contributed by atoms with E-state index < -0.39 is 12.1 Å². The maximum atomic E-state index is 11.3. The largest absolute Gasteiger partial charge is 0.464 e. The Balaban J connectivity index is 2.82. The van der Waals surface area contributed by atoms with Crippen molar-refractivity contribution in [3.05, 3.63) is 11.8 Å². The molecular formula is C9H13NO4. The fourth-order valence-electron chi connectivity index (χ4n) is 1.32. The van der Waals surface area contributed by atoms with Crippen molar-refractivity contribution in [3.63, 3.8) is 0 Å². The van der Waals surface area contributed by atoms with Crippen molar-refractivity contribution in [2.75, 3.05) is 20.8 Å². The maximum absolute atomic E-state index is 11.3. The number of amides is 1. The molecule has 0 bridgehead atoms. The highest BCUT2D eigenvalue weighted by atomic mass is 16.5. The van der Waals surface area contributed by atoms with E-state index in [9.17, 15) is 9.59 Å². The molecule has 0 N–H and O–H groups in total. The first-order chi connectivity index (χ1) is 6.70. The Kier molecular flexibility index (Phi) is 3.50. The molecule has 0 saturated heterocycles. The predicted molar refractivity (Wildman–Crippen MR) is 48.4 cm³/mol. The topological polar surface area (TPSA) is 55.8 Å². The van der Waals surface area contributed by atoms with Gasteiger partial charge in [-0.05, 0) is 12.8 Å². The summed E-state index contributed by atoms with van der Waals surface area (Å²) < 4.78 is 9.11. The van der Waals surface area contributed by atoms with Gasteiger partial charge in [-0.1, -0.05) is 6.08 Å². The summed E-state index contributed by atoms with van der Waals surface area (Å²) in [4.78, 5) is 23.8. The lowest BCUT2D eigenvalue weighted by Gasteiger charge is -2.25. The van der Waals surface area contributed by atoms with Gasteiger partial charge in [0.1, 0.15) is 5.70 Å². The molecule has 1 amide bonds. The zero-order valence-electron chi connectivity index (χ0n) is 8.28. The number of carbonyl (C=O) groups excluding carboxylic acids is 2. The van der Waals surface area contributed by atoms with Gasteiger partial charge < -0.3 is 9.47 Å². The molecule has 0 unspecified atom stereocenters. The Morgan fingerprint density at radius 1 is 1.36 bits per heavy atom. The number of nitrogens with zero attached hydrogens (tertiary/aromatic N) is 1. The van der Waals surface area contributed by atoms with Crippen molar-refractivity contribution in [2.24, 2.45) is 0 Å². The molecule has 1 rings (SSSR count). The van der Waals surface area contributed by atoms with Gasteiger partial charge in [-0.3, -0.25) is 4.90 Å². The van der Waals surface area contributed by atoms with Crippen LogP contribution in [-0.4, -0.2) is 37.7 Å². The van der Waals surface area contributed by atoms with Gasteiger partial charge in [0, 0.05) is 6.54 Å². The van der Waals surface area contributed by atoms with E-state index in [0.717, 1.165) is 12.8 Å². The van der Waals surface area contributed by atoms with Gasteiger partial charge in [-0.15, -0.1) is 0 Å². The molecule has 0 spiro atoms. The van der Waals surface area contributed by atoms with Crippen molar-refractivity contribution in [1.29, 1.82) is 0 Å². The fourth-order valence-corrected chi connectivity index (χ4v) is 1.32. The summed E-state index contributed by atoms with van der Waals surface area (Å²) in [5, 5.41) is 0. The summed E-state index contributed by atoms with van der Waals surface area (Å²) in [7, 11) is 2.57. The van der Waals surface area contributed by atoms with E-state index in [0.29, 0.717) is 6.54 Å². The van der Waals surface area contributed by atoms with E-state index in [1.54, 1.807) is 6.08 Å². The van der Waals surface area contributed by atoms with Crippen LogP contribution in [0.5, 0.6) is 0 Å². The molecule has 0 radical (unpaired) electrons. The first-order valence-electron chi connectivity index (χ1n) is 4.34. The summed E-state index contributed by atoms with van der Waals surface area (Å²) in [6.45, 7) is 0.494. The third kappa shape index (κ3) is 2.04. The van der Waals surface area contributed by atoms with Crippen LogP contribution in [0.25, 0.3) is 0 Å². The predicted octanol–water partition coefficient (Wildman–Crippen LogP) is 0.905. The Bertz CT molecular complexity index is 272. The highest BCUT2D eigenvalue weighted by Crippen LogP contribution is 2.16. The van der Waals surface area contributed by atoms with E-state index in [2.05, 4.69) is 9.47 Å². The van der Waals surface area contributed by atoms with Crippen LogP contribution in [0.3, 0.4) is 0 Å². The Morgan fingerprint density at radius 2 is 2.07 bits per heavy atom. The summed E-state index contributed by atoms with van der Waals surface area (Å²) in [6.07, 6.45) is 2.76. The van der Waals surface area contributed by atoms with Crippen LogP contribution in [0, 0.1) is 0 Å². The van der Waals surface area contributed by atoms with E-state index in [1.165, 1.54) is 19.1 Å². The summed E-state index contributed by atoms with van der Waals surface area (Å²) in [5.41, 5.74) is 0.269. The number of ether oxygens (including phenoxy) is 2. The molecule has 78 valence electrons. The van der Waals surface area contributed by atoms with Gasteiger partial charge in [0.15, 0.2) is 0 Å². The van der Waals surface area contributed by atoms with Gasteiger partial charge in [0.05, 0.1) is 14.2 Å². The van der Waals surface area contributed by atoms with Crippen LogP contribution in [0.2, 0.25) is 0 Å². The van der Waals surface area contributed by atoms with Crippen LogP contribution < -0.4 is 0 Å². The molecule has 0 fully saturated rings. The molecule has 14 heavy (non-hydrogen) atoms. The average molecular weight is 199 g/mol. The second-order valence-electron chi connectivity index (χ2n) is 2.84. The minimum atomic E-state index is -0.527. The minimum absolute atomic E-state index is 0.269. The van der Waals surface area contributed by atoms with Gasteiger partial charge in [0.25, 0.3) is 0 Å². The molecule has 1 heterocycles. The summed E-state index contributed by atoms with van der Waals surface area (Å²) >= 11 is 0. The Morgan fingerprint density at radius 3 is 2.64 bits per heavy atom. The smallest absolute Gasteiger partial charge is 0.414 e. The number of allylic oxidation sites excluding steroid dienone is 1. The molecule has 1 aliphatic rings. The monoisotopic (exact) mass is 199 g/mol. The van der Waals surface area contributed by atoms with Gasteiger partial charge in [0.2, 0.25) is 0 Å². The molecule has 5 heteroatoms. The molecule has 0 aliphatic carbocycles. The molecular weight excluding hydrogens is 186 g/mol. The first-order valence-corrected chi connectivity index (χ1v) is 4.34. The normalized spacial score (nSPS) is 15.9. The quantitative estimate of drug-likeness (QED) is 0.589. The molecule has 5 nitrogen and oxygen atoms in total. The number of esters is 1. The first kappa shape index (κ1) is 10.6. The SMILES string of the molecule is COC(=O)C1=CCCCN1C(=O)OC. The highest BCUT2D eigenvalue weighted by molar-refractivity contribution is 5.92. The van der Waals surface area contributed by atoms with Gasteiger partial charge >= 0.3 is 12.1 Å². The van der Waals surface area contributed by atoms with Crippen LogP contribution in [-0.2, 0) is 14.3 Å². The highest BCUT2D eigenvalue weighted by Gasteiger charge is 2.26. The molecule has 0 atom stereocenters. The standard InChI is InChI=1S/C9H13NO4/c1-13-8(11)7-5-3-4-6-10(7)9(12)14-2/h5H,3-4,6H2,1-2H3. The number of hydrogen-bond acceptors (Lipinski definition) is 4. The minimum Gasteiger partial charge on any atom is -0.464 e. The third-order valence-corrected chi connectivity index (χ3v) is 2.00. The van der Waals surface area contributed by atoms with Crippen LogP contribution in [0.4, 0.5) is 4.79 Å². The third-order valence-electron chi connectivity index (χ3n) is 2.00. The van der Waals surface area contributed by atoms with E-state index in [1.807, 2.05) is 0 Å². The second kappa shape index (κ2) is 4.64. The lowest BCUT2D eigenvalue weighted by atomic mass is 10.1. The van der Waals surface area contributed by atoms with Crippen LogP contribution >= 0.6 is 0 Å². The van der Waals surface area contributed by atoms with Crippen molar-refractivity contribution < 1.29 is 19.1 Å². The average Bonchev–Trinajstić information content (AvgIpc) is 2.27. The number of rotatable bonds is 1. The van der Waals surface area contributed by atoms with Crippen LogP contribution in [0.15, 0.2) is 11.8 Å². The second-order valence-corrected chi connectivity index (χ2v) is 2.84. The Hall–Kier alpha value is -1.52. The maximum Gasteiger partial charge on any atom is 0.414 e. The van der Waals surface area contributed by atoms with E-state index >= 15 is 0 Å². The van der Waals surface area contributed by atoms with Crippen LogP contribution in [0.1, 0.15) is 12.8 Å². The zero-order valence-corrected chi connectivity index (χ0v) is 8.28. The molecule has 1 aliphatic heterocycles. The van der Waals surface area contributed by atoms with Crippen molar-refractivity contribution in [2.45, 2.75) is 12.8 Å². The molecule has 0 aromatic heterocycles.